The molecule has 0 saturated carbocycles. The lowest BCUT2D eigenvalue weighted by Crippen LogP contribution is -2.27. The molecule has 1 aromatic heterocycles. The van der Waals surface area contributed by atoms with Crippen LogP contribution < -0.4 is 5.32 Å². The standard InChI is InChI=1S/C23H19N3O4S/c1-24-22(28)16-31(30,21-8-3-2-4-9-21)26-23(29)19-12-18(14-25-15-19)11-10-17-6-5-7-20(27)13-17/h2-9,12-15,27H,16H2,1H3,(H,24,28). The Morgan fingerprint density at radius 3 is 2.48 bits per heavy atom. The highest BCUT2D eigenvalue weighted by molar-refractivity contribution is 7.94. The smallest absolute Gasteiger partial charge is 0.286 e. The minimum absolute atomic E-state index is 0.0967. The molecular weight excluding hydrogens is 414 g/mol. The van der Waals surface area contributed by atoms with Crippen LogP contribution in [-0.4, -0.2) is 38.9 Å². The van der Waals surface area contributed by atoms with Crippen LogP contribution in [0.3, 0.4) is 0 Å². The first kappa shape index (κ1) is 21.7. The number of carbonyl (C=O) groups excluding carboxylic acids is 2. The number of phenolic OH excluding ortho intramolecular Hbond substituents is 1. The van der Waals surface area contributed by atoms with Crippen LogP contribution in [0.4, 0.5) is 0 Å². The number of hydrogen-bond donors (Lipinski definition) is 2. The molecule has 2 amide bonds. The summed E-state index contributed by atoms with van der Waals surface area (Å²) in [7, 11) is -1.90. The fourth-order valence-electron chi connectivity index (χ4n) is 2.59. The van der Waals surface area contributed by atoms with Crippen molar-refractivity contribution in [2.24, 2.45) is 4.36 Å². The Labute approximate surface area is 180 Å². The van der Waals surface area contributed by atoms with Gasteiger partial charge in [-0.05, 0) is 36.4 Å². The zero-order valence-electron chi connectivity index (χ0n) is 16.6. The molecule has 1 atom stereocenters. The summed E-state index contributed by atoms with van der Waals surface area (Å²) >= 11 is 0. The second-order valence-corrected chi connectivity index (χ2v) is 8.65. The topological polar surface area (TPSA) is 109 Å². The Balaban J connectivity index is 1.96. The van der Waals surface area contributed by atoms with Crippen molar-refractivity contribution in [2.45, 2.75) is 4.90 Å². The molecule has 0 aliphatic rings. The largest absolute Gasteiger partial charge is 0.508 e. The number of aromatic hydroxyl groups is 1. The molecule has 3 rings (SSSR count). The predicted molar refractivity (Wildman–Crippen MR) is 117 cm³/mol. The zero-order chi connectivity index (χ0) is 22.3. The number of nitrogens with one attached hydrogen (secondary N) is 1. The highest BCUT2D eigenvalue weighted by atomic mass is 32.2. The maximum absolute atomic E-state index is 13.4. The number of carbonyl (C=O) groups is 2. The van der Waals surface area contributed by atoms with Gasteiger partial charge in [-0.15, -0.1) is 0 Å². The highest BCUT2D eigenvalue weighted by Gasteiger charge is 2.20. The van der Waals surface area contributed by atoms with Gasteiger partial charge in [0.25, 0.3) is 5.91 Å². The number of amides is 2. The van der Waals surface area contributed by atoms with Crippen molar-refractivity contribution in [2.75, 3.05) is 12.8 Å². The fraction of sp³-hybridized carbons (Fsp3) is 0.0870. The quantitative estimate of drug-likeness (QED) is 0.615. The van der Waals surface area contributed by atoms with E-state index in [1.54, 1.807) is 42.5 Å². The van der Waals surface area contributed by atoms with Crippen molar-refractivity contribution < 1.29 is 18.9 Å². The van der Waals surface area contributed by atoms with Crippen molar-refractivity contribution in [1.29, 1.82) is 0 Å². The van der Waals surface area contributed by atoms with E-state index in [-0.39, 0.29) is 11.3 Å². The third-order valence-electron chi connectivity index (χ3n) is 4.13. The van der Waals surface area contributed by atoms with E-state index in [4.69, 9.17) is 0 Å². The summed E-state index contributed by atoms with van der Waals surface area (Å²) in [6.07, 6.45) is 2.78. The van der Waals surface area contributed by atoms with Gasteiger partial charge < -0.3 is 10.4 Å². The van der Waals surface area contributed by atoms with Gasteiger partial charge in [-0.25, -0.2) is 4.21 Å². The molecule has 0 saturated heterocycles. The van der Waals surface area contributed by atoms with E-state index in [2.05, 4.69) is 26.5 Å². The van der Waals surface area contributed by atoms with Crippen LogP contribution in [0.15, 0.2) is 82.3 Å². The molecule has 0 fully saturated rings. The van der Waals surface area contributed by atoms with E-state index >= 15 is 0 Å². The van der Waals surface area contributed by atoms with Crippen molar-refractivity contribution in [3.63, 3.8) is 0 Å². The molecule has 8 heteroatoms. The van der Waals surface area contributed by atoms with Gasteiger partial charge in [0.2, 0.25) is 5.91 Å². The lowest BCUT2D eigenvalue weighted by molar-refractivity contribution is -0.118. The van der Waals surface area contributed by atoms with Crippen LogP contribution in [0.2, 0.25) is 0 Å². The molecular formula is C23H19N3O4S. The molecule has 2 aromatic carbocycles. The summed E-state index contributed by atoms with van der Waals surface area (Å²) in [4.78, 5) is 29.0. The van der Waals surface area contributed by atoms with Crippen LogP contribution in [0.5, 0.6) is 5.75 Å². The van der Waals surface area contributed by atoms with Gasteiger partial charge in [-0.2, -0.15) is 4.36 Å². The second-order valence-electron chi connectivity index (χ2n) is 6.43. The Morgan fingerprint density at radius 2 is 1.77 bits per heavy atom. The minimum Gasteiger partial charge on any atom is -0.508 e. The van der Waals surface area contributed by atoms with Crippen LogP contribution in [0.25, 0.3) is 0 Å². The maximum Gasteiger partial charge on any atom is 0.286 e. The molecule has 0 spiro atoms. The zero-order valence-corrected chi connectivity index (χ0v) is 17.4. The van der Waals surface area contributed by atoms with Gasteiger partial charge in [-0.1, -0.05) is 36.1 Å². The number of hydrogen-bond acceptors (Lipinski definition) is 5. The van der Waals surface area contributed by atoms with E-state index in [0.29, 0.717) is 16.0 Å². The Hall–Kier alpha value is -3.96. The Bertz CT molecular complexity index is 1300. The molecule has 0 aliphatic heterocycles. The molecule has 0 aliphatic carbocycles. The number of benzene rings is 2. The highest BCUT2D eigenvalue weighted by Crippen LogP contribution is 2.16. The molecule has 2 N–H and O–H groups in total. The Morgan fingerprint density at radius 1 is 1.03 bits per heavy atom. The molecule has 0 bridgehead atoms. The van der Waals surface area contributed by atoms with E-state index in [0.717, 1.165) is 0 Å². The van der Waals surface area contributed by atoms with Crippen molar-refractivity contribution in [1.82, 2.24) is 10.3 Å². The molecule has 7 nitrogen and oxygen atoms in total. The van der Waals surface area contributed by atoms with Crippen LogP contribution in [0.1, 0.15) is 21.5 Å². The fourth-order valence-corrected chi connectivity index (χ4v) is 4.38. The van der Waals surface area contributed by atoms with Gasteiger partial charge in [0.05, 0.1) is 15.3 Å². The summed E-state index contributed by atoms with van der Waals surface area (Å²) in [5, 5.41) is 11.9. The number of nitrogens with zero attached hydrogens (tertiary/aromatic N) is 2. The number of phenols is 1. The average molecular weight is 433 g/mol. The summed E-state index contributed by atoms with van der Waals surface area (Å²) < 4.78 is 17.4. The third-order valence-corrected chi connectivity index (χ3v) is 6.25. The summed E-state index contributed by atoms with van der Waals surface area (Å²) in [5.41, 5.74) is 1.14. The Kier molecular flexibility index (Phi) is 6.80. The van der Waals surface area contributed by atoms with Gasteiger partial charge >= 0.3 is 0 Å². The van der Waals surface area contributed by atoms with Gasteiger partial charge in [0.15, 0.2) is 0 Å². The third kappa shape index (κ3) is 5.78. The van der Waals surface area contributed by atoms with Crippen LogP contribution >= 0.6 is 0 Å². The summed E-state index contributed by atoms with van der Waals surface area (Å²) in [6, 6.07) is 16.1. The molecule has 1 heterocycles. The van der Waals surface area contributed by atoms with Crippen molar-refractivity contribution in [3.05, 3.63) is 89.7 Å². The number of aromatic nitrogens is 1. The first-order chi connectivity index (χ1) is 14.9. The van der Waals surface area contributed by atoms with Crippen LogP contribution in [-0.2, 0) is 14.5 Å². The second kappa shape index (κ2) is 9.69. The molecule has 1 unspecified atom stereocenters. The maximum atomic E-state index is 13.4. The van der Waals surface area contributed by atoms with Crippen molar-refractivity contribution in [3.8, 4) is 17.6 Å². The van der Waals surface area contributed by atoms with Crippen LogP contribution in [0, 0.1) is 11.8 Å². The normalized spacial score (nSPS) is 12.0. The van der Waals surface area contributed by atoms with E-state index in [9.17, 15) is 18.9 Å². The SMILES string of the molecule is CNC(=O)CS(=O)(=NC(=O)c1cncc(C#Cc2cccc(O)c2)c1)c1ccccc1. The van der Waals surface area contributed by atoms with Gasteiger partial charge in [-0.3, -0.25) is 14.6 Å². The molecule has 0 radical (unpaired) electrons. The lowest BCUT2D eigenvalue weighted by Gasteiger charge is -2.09. The summed E-state index contributed by atoms with van der Waals surface area (Å²) in [5.74, 6) is 4.15. The van der Waals surface area contributed by atoms with Crippen molar-refractivity contribution >= 4 is 21.5 Å². The number of rotatable bonds is 4. The first-order valence-electron chi connectivity index (χ1n) is 9.20. The van der Waals surface area contributed by atoms with E-state index in [1.807, 2.05) is 0 Å². The monoisotopic (exact) mass is 433 g/mol. The lowest BCUT2D eigenvalue weighted by atomic mass is 10.1. The van der Waals surface area contributed by atoms with Gasteiger partial charge in [0.1, 0.15) is 11.5 Å². The number of pyridine rings is 1. The molecule has 3 aromatic rings. The van der Waals surface area contributed by atoms with Gasteiger partial charge in [0, 0.05) is 35.5 Å². The van der Waals surface area contributed by atoms with E-state index in [1.165, 1.54) is 37.6 Å². The average Bonchev–Trinajstić information content (AvgIpc) is 2.78. The first-order valence-corrected chi connectivity index (χ1v) is 10.9. The summed E-state index contributed by atoms with van der Waals surface area (Å²) in [6.45, 7) is 0. The van der Waals surface area contributed by atoms with E-state index < -0.39 is 27.3 Å². The predicted octanol–water partition coefficient (Wildman–Crippen LogP) is 2.60. The minimum atomic E-state index is -3.33. The molecule has 156 valence electrons. The molecule has 31 heavy (non-hydrogen) atoms.